The fraction of sp³-hybridized carbons (Fsp3) is 0.625. The summed E-state index contributed by atoms with van der Waals surface area (Å²) in [5.41, 5.74) is 0.0636. The highest BCUT2D eigenvalue weighted by molar-refractivity contribution is 8.01. The van der Waals surface area contributed by atoms with Gasteiger partial charge < -0.3 is 9.84 Å². The van der Waals surface area contributed by atoms with Crippen molar-refractivity contribution in [1.29, 1.82) is 0 Å². The zero-order valence-electron chi connectivity index (χ0n) is 23.2. The molecule has 7 rings (SSSR count). The number of fused-ring (bicyclic) bond motifs is 6. The van der Waals surface area contributed by atoms with Crippen LogP contribution in [-0.2, 0) is 19.1 Å². The van der Waals surface area contributed by atoms with Gasteiger partial charge in [-0.3, -0.25) is 14.4 Å². The minimum absolute atomic E-state index is 0.0488. The summed E-state index contributed by atoms with van der Waals surface area (Å²) in [4.78, 5) is 44.5. The molecule has 6 nitrogen and oxygen atoms in total. The Kier molecular flexibility index (Phi) is 6.37. The Morgan fingerprint density at radius 3 is 2.70 bits per heavy atom. The van der Waals surface area contributed by atoms with Crippen LogP contribution < -0.4 is 0 Å². The summed E-state index contributed by atoms with van der Waals surface area (Å²) >= 11 is 3.01. The van der Waals surface area contributed by atoms with E-state index in [1.165, 1.54) is 17.3 Å². The second-order valence-corrected chi connectivity index (χ2v) is 15.6. The molecule has 2 aromatic rings. The van der Waals surface area contributed by atoms with E-state index >= 15 is 0 Å². The first-order chi connectivity index (χ1) is 19.1. The number of hydrogen-bond donors (Lipinski definition) is 1. The molecule has 40 heavy (non-hydrogen) atoms. The average Bonchev–Trinajstić information content (AvgIpc) is 3.63. The van der Waals surface area contributed by atoms with E-state index in [4.69, 9.17) is 9.72 Å². The molecule has 212 valence electrons. The van der Waals surface area contributed by atoms with E-state index in [2.05, 4.69) is 13.8 Å². The Hall–Kier alpha value is -2.03. The summed E-state index contributed by atoms with van der Waals surface area (Å²) in [6.07, 6.45) is 7.71. The molecule has 1 heterocycles. The van der Waals surface area contributed by atoms with Crippen LogP contribution in [0.15, 0.2) is 40.3 Å². The molecule has 0 bridgehead atoms. The number of ketones is 2. The number of aromatic nitrogens is 1. The maximum atomic E-state index is 14.3. The first kappa shape index (κ1) is 26.8. The Morgan fingerprint density at radius 2 is 1.93 bits per heavy atom. The van der Waals surface area contributed by atoms with E-state index < -0.39 is 17.1 Å². The van der Waals surface area contributed by atoms with Gasteiger partial charge in [0, 0.05) is 11.8 Å². The minimum atomic E-state index is -1.23. The van der Waals surface area contributed by atoms with Gasteiger partial charge in [0.15, 0.2) is 21.5 Å². The summed E-state index contributed by atoms with van der Waals surface area (Å²) in [7, 11) is 0. The van der Waals surface area contributed by atoms with Crippen LogP contribution in [0, 0.1) is 34.5 Å². The topological polar surface area (TPSA) is 93.6 Å². The Bertz CT molecular complexity index is 1400. The van der Waals surface area contributed by atoms with Crippen LogP contribution in [0.2, 0.25) is 0 Å². The number of aliphatic hydroxyl groups is 1. The van der Waals surface area contributed by atoms with Crippen molar-refractivity contribution in [2.75, 3.05) is 5.75 Å². The zero-order valence-corrected chi connectivity index (χ0v) is 24.8. The molecule has 0 amide bonds. The summed E-state index contributed by atoms with van der Waals surface area (Å²) in [6.45, 7) is 4.35. The fourth-order valence-corrected chi connectivity index (χ4v) is 11.1. The van der Waals surface area contributed by atoms with Crippen LogP contribution in [0.25, 0.3) is 10.2 Å². The van der Waals surface area contributed by atoms with Crippen molar-refractivity contribution in [2.24, 2.45) is 34.5 Å². The molecule has 8 heteroatoms. The number of aliphatic hydroxyl groups excluding tert-OH is 1. The number of Topliss-reactive ketones (excluding diaryl/α,β-unsaturated/α-hetero) is 1. The molecule has 1 aromatic heterocycles. The van der Waals surface area contributed by atoms with Gasteiger partial charge in [-0.25, -0.2) is 4.98 Å². The Morgan fingerprint density at radius 1 is 1.12 bits per heavy atom. The molecule has 7 atom stereocenters. The lowest BCUT2D eigenvalue weighted by Gasteiger charge is -2.60. The maximum Gasteiger partial charge on any atom is 0.309 e. The summed E-state index contributed by atoms with van der Waals surface area (Å²) < 4.78 is 8.32. The van der Waals surface area contributed by atoms with Gasteiger partial charge >= 0.3 is 5.97 Å². The van der Waals surface area contributed by atoms with Gasteiger partial charge in [-0.05, 0) is 92.7 Å². The van der Waals surface area contributed by atoms with E-state index in [1.54, 1.807) is 11.3 Å². The highest BCUT2D eigenvalue weighted by Gasteiger charge is 2.70. The molecule has 4 fully saturated rings. The van der Waals surface area contributed by atoms with Crippen molar-refractivity contribution >= 4 is 50.9 Å². The third-order valence-electron chi connectivity index (χ3n) is 11.3. The lowest BCUT2D eigenvalue weighted by molar-refractivity contribution is -0.200. The molecule has 5 aliphatic rings. The summed E-state index contributed by atoms with van der Waals surface area (Å²) in [5.74, 6) is 0.458. The van der Waals surface area contributed by atoms with Crippen molar-refractivity contribution in [3.8, 4) is 0 Å². The lowest BCUT2D eigenvalue weighted by atomic mass is 9.45. The molecule has 0 saturated heterocycles. The van der Waals surface area contributed by atoms with Gasteiger partial charge in [0.2, 0.25) is 0 Å². The number of thiazole rings is 1. The van der Waals surface area contributed by atoms with E-state index in [0.717, 1.165) is 53.1 Å². The summed E-state index contributed by atoms with van der Waals surface area (Å²) in [6, 6.07) is 7.97. The van der Waals surface area contributed by atoms with Crippen molar-refractivity contribution in [3.05, 3.63) is 35.9 Å². The Balaban J connectivity index is 1.20. The van der Waals surface area contributed by atoms with Gasteiger partial charge in [0.25, 0.3) is 0 Å². The van der Waals surface area contributed by atoms with Crippen molar-refractivity contribution in [3.63, 3.8) is 0 Å². The third-order valence-corrected chi connectivity index (χ3v) is 13.4. The second-order valence-electron chi connectivity index (χ2n) is 13.3. The van der Waals surface area contributed by atoms with Crippen LogP contribution in [0.4, 0.5) is 0 Å². The van der Waals surface area contributed by atoms with Crippen LogP contribution in [0.1, 0.15) is 71.6 Å². The lowest BCUT2D eigenvalue weighted by Crippen LogP contribution is -2.63. The third kappa shape index (κ3) is 3.99. The molecule has 5 aliphatic carbocycles. The molecule has 0 radical (unpaired) electrons. The number of rotatable bonds is 6. The number of nitrogens with zero attached hydrogens (tertiary/aromatic N) is 1. The molecule has 0 aliphatic heterocycles. The number of allylic oxidation sites excluding steroid dienone is 1. The van der Waals surface area contributed by atoms with Gasteiger partial charge in [-0.15, -0.1) is 11.3 Å². The molecular formula is C32H37NO5S2. The predicted octanol–water partition coefficient (Wildman–Crippen LogP) is 6.15. The number of para-hydroxylation sites is 1. The first-order valence-corrected chi connectivity index (χ1v) is 16.6. The van der Waals surface area contributed by atoms with Crippen molar-refractivity contribution < 1.29 is 24.2 Å². The average molecular weight is 580 g/mol. The SMILES string of the molecule is CC12CCC(=O)C=C1CCC1C2[C@@H](O)CC2(C)C1CC[C@]2(OC(=O)C1CC1)C(=O)CSc1nc2ccccc2s1. The number of ether oxygens (including phenoxy) is 1. The number of esters is 1. The molecule has 1 aromatic carbocycles. The number of carbonyl (C=O) groups excluding carboxylic acids is 3. The molecular weight excluding hydrogens is 542 g/mol. The molecule has 4 saturated carbocycles. The molecule has 5 unspecified atom stereocenters. The van der Waals surface area contributed by atoms with Crippen LogP contribution in [0.5, 0.6) is 0 Å². The second kappa shape index (κ2) is 9.50. The first-order valence-electron chi connectivity index (χ1n) is 14.8. The maximum absolute atomic E-state index is 14.3. The molecule has 0 spiro atoms. The van der Waals surface area contributed by atoms with Crippen molar-refractivity contribution in [2.45, 2.75) is 87.7 Å². The quantitative estimate of drug-likeness (QED) is 0.324. The van der Waals surface area contributed by atoms with Crippen LogP contribution >= 0.6 is 23.1 Å². The normalized spacial score (nSPS) is 38.8. The van der Waals surface area contributed by atoms with E-state index in [1.807, 2.05) is 30.3 Å². The van der Waals surface area contributed by atoms with Crippen LogP contribution in [-0.4, -0.2) is 45.1 Å². The molecule has 1 N–H and O–H groups in total. The van der Waals surface area contributed by atoms with Crippen LogP contribution in [0.3, 0.4) is 0 Å². The van der Waals surface area contributed by atoms with Crippen molar-refractivity contribution in [1.82, 2.24) is 4.98 Å². The minimum Gasteiger partial charge on any atom is -0.450 e. The van der Waals surface area contributed by atoms with Gasteiger partial charge in [0.1, 0.15) is 0 Å². The highest BCUT2D eigenvalue weighted by atomic mass is 32.2. The monoisotopic (exact) mass is 579 g/mol. The smallest absolute Gasteiger partial charge is 0.309 e. The predicted molar refractivity (Wildman–Crippen MR) is 155 cm³/mol. The van der Waals surface area contributed by atoms with Gasteiger partial charge in [-0.2, -0.15) is 0 Å². The van der Waals surface area contributed by atoms with E-state index in [-0.39, 0.29) is 52.4 Å². The van der Waals surface area contributed by atoms with Gasteiger partial charge in [0.05, 0.1) is 28.0 Å². The highest BCUT2D eigenvalue weighted by Crippen LogP contribution is 2.68. The van der Waals surface area contributed by atoms with E-state index in [9.17, 15) is 19.5 Å². The Labute approximate surface area is 243 Å². The summed E-state index contributed by atoms with van der Waals surface area (Å²) in [5, 5.41) is 11.9. The zero-order chi connectivity index (χ0) is 27.9. The number of benzene rings is 1. The van der Waals surface area contributed by atoms with Gasteiger partial charge in [-0.1, -0.05) is 43.3 Å². The largest absolute Gasteiger partial charge is 0.450 e. The number of thioether (sulfide) groups is 1. The van der Waals surface area contributed by atoms with E-state index in [0.29, 0.717) is 19.3 Å². The number of carbonyl (C=O) groups is 3. The number of hydrogen-bond acceptors (Lipinski definition) is 8. The fourth-order valence-electron chi connectivity index (χ4n) is 9.09. The standard InChI is InChI=1S/C32H37NO5S2/c1-30-13-11-20(34)15-19(30)9-10-21-22-12-14-32(38-28(37)18-7-8-18,31(22,2)16-24(35)27(21)30)26(36)17-39-29-33-23-5-3-4-6-25(23)40-29/h3-6,15,18,21-22,24,27,35H,7-14,16-17H2,1-2H3/t21?,22?,24-,27?,30?,31?,32-/m0/s1.